The molecule has 1 amide bonds. The van der Waals surface area contributed by atoms with Crippen LogP contribution in [0.1, 0.15) is 41.8 Å². The van der Waals surface area contributed by atoms with E-state index in [0.717, 1.165) is 30.6 Å². The molecule has 0 spiro atoms. The molecule has 30 heavy (non-hydrogen) atoms. The van der Waals surface area contributed by atoms with Crippen molar-refractivity contribution >= 4 is 11.9 Å². The third-order valence-electron chi connectivity index (χ3n) is 6.51. The quantitative estimate of drug-likeness (QED) is 0.604. The number of likely N-dealkylation sites (tertiary alicyclic amines) is 1. The molecular formula is C24H29LiN2O3. The first kappa shape index (κ1) is 24.2. The summed E-state index contributed by atoms with van der Waals surface area (Å²) in [5.74, 6) is -1.65. The van der Waals surface area contributed by atoms with Crippen molar-refractivity contribution in [3.63, 3.8) is 0 Å². The first-order chi connectivity index (χ1) is 13.8. The number of rotatable bonds is 7. The Bertz CT molecular complexity index is 874. The summed E-state index contributed by atoms with van der Waals surface area (Å²) in [5, 5.41) is 11.7. The Kier molecular flexibility index (Phi) is 8.32. The van der Waals surface area contributed by atoms with Crippen LogP contribution in [0, 0.1) is 11.8 Å². The van der Waals surface area contributed by atoms with Gasteiger partial charge in [0.05, 0.1) is 0 Å². The van der Waals surface area contributed by atoms with Crippen LogP contribution in [0.25, 0.3) is 0 Å². The molecule has 3 atom stereocenters. The largest absolute Gasteiger partial charge is 1.00 e. The molecule has 5 nitrogen and oxygen atoms in total. The van der Waals surface area contributed by atoms with Crippen molar-refractivity contribution in [1.82, 2.24) is 4.90 Å². The number of carboxylic acid groups (broad SMARTS) is 1. The second-order valence-corrected chi connectivity index (χ2v) is 8.48. The summed E-state index contributed by atoms with van der Waals surface area (Å²) in [6.45, 7) is 6.50. The number of amides is 1. The summed E-state index contributed by atoms with van der Waals surface area (Å²) in [4.78, 5) is 25.5. The molecule has 6 heteroatoms. The van der Waals surface area contributed by atoms with E-state index in [1.54, 1.807) is 6.07 Å². The fraction of sp³-hybridized carbons (Fsp3) is 0.417. The van der Waals surface area contributed by atoms with Gasteiger partial charge >= 0.3 is 18.9 Å². The zero-order chi connectivity index (χ0) is 21.0. The fourth-order valence-electron chi connectivity index (χ4n) is 4.37. The summed E-state index contributed by atoms with van der Waals surface area (Å²) in [6, 6.07) is 17.3. The molecule has 0 unspecified atom stereocenters. The smallest absolute Gasteiger partial charge is 0.550 e. The fourth-order valence-corrected chi connectivity index (χ4v) is 4.37. The number of benzene rings is 2. The van der Waals surface area contributed by atoms with E-state index in [9.17, 15) is 14.7 Å². The van der Waals surface area contributed by atoms with Crippen LogP contribution in [-0.4, -0.2) is 36.4 Å². The van der Waals surface area contributed by atoms with Gasteiger partial charge in [-0.25, -0.2) is 0 Å². The molecular weight excluding hydrogens is 371 g/mol. The molecule has 0 saturated carbocycles. The van der Waals surface area contributed by atoms with Gasteiger partial charge in [-0.3, -0.25) is 4.79 Å². The number of nitrogens with two attached hydrogens (primary N) is 1. The van der Waals surface area contributed by atoms with Crippen molar-refractivity contribution in [3.8, 4) is 0 Å². The number of hydrogen-bond donors (Lipinski definition) is 1. The predicted octanol–water partition coefficient (Wildman–Crippen LogP) is -1.00. The molecule has 1 saturated heterocycles. The molecule has 154 valence electrons. The summed E-state index contributed by atoms with van der Waals surface area (Å²) >= 11 is 0. The second-order valence-electron chi connectivity index (χ2n) is 8.48. The zero-order valence-electron chi connectivity index (χ0n) is 18.1. The molecule has 1 fully saturated rings. The molecule has 2 N–H and O–H groups in total. The third kappa shape index (κ3) is 5.54. The van der Waals surface area contributed by atoms with Crippen LogP contribution in [0.15, 0.2) is 54.6 Å². The summed E-state index contributed by atoms with van der Waals surface area (Å²) < 4.78 is 0. The topological polar surface area (TPSA) is 86.5 Å². The Morgan fingerprint density at radius 1 is 1.20 bits per heavy atom. The van der Waals surface area contributed by atoms with Crippen LogP contribution in [0.3, 0.4) is 0 Å². The Hall–Kier alpha value is -2.06. The van der Waals surface area contributed by atoms with E-state index in [1.807, 2.05) is 42.5 Å². The predicted molar refractivity (Wildman–Crippen MR) is 111 cm³/mol. The van der Waals surface area contributed by atoms with Crippen molar-refractivity contribution in [2.45, 2.75) is 32.1 Å². The number of carbonyl (C=O) groups excluding carboxylic acids is 2. The number of nitrogens with zero attached hydrogens (tertiary/aromatic N) is 1. The van der Waals surface area contributed by atoms with Crippen LogP contribution >= 0.6 is 0 Å². The average Bonchev–Trinajstić information content (AvgIpc) is 2.71. The Labute approximate surface area is 190 Å². The van der Waals surface area contributed by atoms with Crippen molar-refractivity contribution in [2.24, 2.45) is 17.6 Å². The van der Waals surface area contributed by atoms with E-state index in [4.69, 9.17) is 5.73 Å². The van der Waals surface area contributed by atoms with Crippen LogP contribution in [0.5, 0.6) is 0 Å². The minimum Gasteiger partial charge on any atom is -0.550 e. The van der Waals surface area contributed by atoms with Gasteiger partial charge in [0.2, 0.25) is 5.91 Å². The second kappa shape index (κ2) is 10.3. The van der Waals surface area contributed by atoms with Gasteiger partial charge in [-0.2, -0.15) is 0 Å². The molecule has 0 radical (unpaired) electrons. The van der Waals surface area contributed by atoms with Crippen LogP contribution in [-0.2, 0) is 16.6 Å². The standard InChI is InChI=1S/C24H30N2O3.Li/c1-17-15-26(16-20(23(28)29)13-18-7-4-3-5-8-18)12-11-24(17,2)21-10-6-9-19(14-21)22(25)27;/h3-10,14,17,20H,11-13,15-16H2,1-2H3,(H2,25,27)(H,28,29);/q;+1/p-1/t17-,20-,24+;/m0./s1. The first-order valence-corrected chi connectivity index (χ1v) is 10.2. The van der Waals surface area contributed by atoms with Crippen LogP contribution in [0.4, 0.5) is 0 Å². The van der Waals surface area contributed by atoms with Gasteiger partial charge in [0.25, 0.3) is 0 Å². The van der Waals surface area contributed by atoms with Gasteiger partial charge in [-0.1, -0.05) is 56.3 Å². The molecule has 0 aromatic heterocycles. The molecule has 3 rings (SSSR count). The maximum atomic E-state index is 11.7. The van der Waals surface area contributed by atoms with E-state index in [2.05, 4.69) is 24.8 Å². The zero-order valence-corrected chi connectivity index (χ0v) is 18.1. The van der Waals surface area contributed by atoms with Gasteiger partial charge in [0.15, 0.2) is 0 Å². The SMILES string of the molecule is C[C@H]1CN(C[C@H](Cc2ccccc2)C(=O)[O-])CC[C@@]1(C)c1cccc(C(N)=O)c1.[Li+]. The van der Waals surface area contributed by atoms with Crippen LogP contribution in [0.2, 0.25) is 0 Å². The molecule has 0 aliphatic carbocycles. The molecule has 1 aliphatic heterocycles. The number of piperidine rings is 1. The Morgan fingerprint density at radius 2 is 1.90 bits per heavy atom. The van der Waals surface area contributed by atoms with E-state index < -0.39 is 17.8 Å². The average molecular weight is 400 g/mol. The molecule has 2 aromatic carbocycles. The monoisotopic (exact) mass is 400 g/mol. The maximum absolute atomic E-state index is 11.7. The molecule has 2 aromatic rings. The van der Waals surface area contributed by atoms with Crippen LogP contribution < -0.4 is 29.7 Å². The van der Waals surface area contributed by atoms with Gasteiger partial charge in [0, 0.05) is 30.5 Å². The van der Waals surface area contributed by atoms with E-state index in [-0.39, 0.29) is 24.3 Å². The molecule has 1 heterocycles. The molecule has 1 aliphatic rings. The number of hydrogen-bond acceptors (Lipinski definition) is 4. The normalized spacial score (nSPS) is 22.7. The summed E-state index contributed by atoms with van der Waals surface area (Å²) in [6.07, 6.45) is 1.37. The van der Waals surface area contributed by atoms with Crippen molar-refractivity contribution in [2.75, 3.05) is 19.6 Å². The third-order valence-corrected chi connectivity index (χ3v) is 6.51. The van der Waals surface area contributed by atoms with Gasteiger partial charge in [-0.05, 0) is 54.0 Å². The Morgan fingerprint density at radius 3 is 2.50 bits per heavy atom. The minimum absolute atomic E-state index is 0. The van der Waals surface area contributed by atoms with E-state index in [1.165, 1.54) is 0 Å². The maximum Gasteiger partial charge on any atom is 1.00 e. The van der Waals surface area contributed by atoms with Crippen molar-refractivity contribution < 1.29 is 33.6 Å². The van der Waals surface area contributed by atoms with Gasteiger partial charge in [-0.15, -0.1) is 0 Å². The Balaban J connectivity index is 0.00000320. The van der Waals surface area contributed by atoms with Gasteiger partial charge < -0.3 is 20.5 Å². The number of primary amides is 1. The van der Waals surface area contributed by atoms with E-state index >= 15 is 0 Å². The minimum atomic E-state index is -0.996. The van der Waals surface area contributed by atoms with E-state index in [0.29, 0.717) is 24.4 Å². The summed E-state index contributed by atoms with van der Waals surface area (Å²) in [5.41, 5.74) is 8.02. The number of aliphatic carboxylic acids is 1. The van der Waals surface area contributed by atoms with Crippen molar-refractivity contribution in [3.05, 3.63) is 71.3 Å². The number of carbonyl (C=O) groups is 2. The molecule has 0 bridgehead atoms. The van der Waals surface area contributed by atoms with Gasteiger partial charge in [0.1, 0.15) is 0 Å². The van der Waals surface area contributed by atoms with Crippen molar-refractivity contribution in [1.29, 1.82) is 0 Å². The summed E-state index contributed by atoms with van der Waals surface area (Å²) in [7, 11) is 0. The number of carboxylic acids is 1. The first-order valence-electron chi connectivity index (χ1n) is 10.2.